The van der Waals surface area contributed by atoms with Gasteiger partial charge in [0.05, 0.1) is 35.1 Å². The molecule has 1 aromatic heterocycles. The van der Waals surface area contributed by atoms with Crippen molar-refractivity contribution in [3.05, 3.63) is 46.8 Å². The van der Waals surface area contributed by atoms with E-state index in [1.807, 2.05) is 39.0 Å². The first-order valence-corrected chi connectivity index (χ1v) is 9.06. The Kier molecular flexibility index (Phi) is 5.32. The zero-order valence-corrected chi connectivity index (χ0v) is 15.9. The summed E-state index contributed by atoms with van der Waals surface area (Å²) < 4.78 is 7.10. The molecule has 1 saturated heterocycles. The van der Waals surface area contributed by atoms with Gasteiger partial charge in [-0.15, -0.1) is 0 Å². The summed E-state index contributed by atoms with van der Waals surface area (Å²) >= 11 is 0. The second-order valence-corrected chi connectivity index (χ2v) is 7.26. The fraction of sp³-hybridized carbons (Fsp3) is 0.450. The van der Waals surface area contributed by atoms with E-state index in [1.54, 1.807) is 10.9 Å². The molecule has 1 amide bonds. The van der Waals surface area contributed by atoms with E-state index >= 15 is 0 Å². The van der Waals surface area contributed by atoms with Gasteiger partial charge in [0.1, 0.15) is 0 Å². The van der Waals surface area contributed by atoms with Crippen molar-refractivity contribution in [2.45, 2.75) is 45.6 Å². The van der Waals surface area contributed by atoms with Crippen molar-refractivity contribution in [2.24, 2.45) is 0 Å². The molecule has 0 aliphatic carbocycles. The Balaban J connectivity index is 1.88. The lowest BCUT2D eigenvalue weighted by Gasteiger charge is -2.36. The lowest BCUT2D eigenvalue weighted by molar-refractivity contribution is -0.139. The lowest BCUT2D eigenvalue weighted by Crippen LogP contribution is -2.53. The van der Waals surface area contributed by atoms with E-state index in [9.17, 15) is 14.7 Å². The minimum Gasteiger partial charge on any atom is -0.481 e. The monoisotopic (exact) mass is 371 g/mol. The van der Waals surface area contributed by atoms with E-state index in [0.29, 0.717) is 31.6 Å². The van der Waals surface area contributed by atoms with Crippen LogP contribution in [0.1, 0.15) is 46.4 Å². The van der Waals surface area contributed by atoms with E-state index in [2.05, 4.69) is 10.4 Å². The smallest absolute Gasteiger partial charge is 0.305 e. The number of rotatable bonds is 5. The second-order valence-electron chi connectivity index (χ2n) is 7.26. The molecule has 1 fully saturated rings. The lowest BCUT2D eigenvalue weighted by atomic mass is 9.86. The first kappa shape index (κ1) is 19.1. The molecule has 0 spiro atoms. The summed E-state index contributed by atoms with van der Waals surface area (Å²) in [6.07, 6.45) is 2.39. The molecule has 7 heteroatoms. The van der Waals surface area contributed by atoms with Crippen LogP contribution in [-0.4, -0.2) is 45.5 Å². The first-order valence-electron chi connectivity index (χ1n) is 9.06. The van der Waals surface area contributed by atoms with Gasteiger partial charge in [0.2, 0.25) is 0 Å². The molecular formula is C20H25N3O4. The largest absolute Gasteiger partial charge is 0.481 e. The van der Waals surface area contributed by atoms with Crippen molar-refractivity contribution in [3.8, 4) is 5.69 Å². The maximum atomic E-state index is 12.9. The number of benzene rings is 1. The highest BCUT2D eigenvalue weighted by molar-refractivity contribution is 5.96. The van der Waals surface area contributed by atoms with Gasteiger partial charge >= 0.3 is 5.97 Å². The number of nitrogens with one attached hydrogen (secondary N) is 1. The van der Waals surface area contributed by atoms with Crippen LogP contribution in [0.3, 0.4) is 0 Å². The third kappa shape index (κ3) is 4.03. The first-order chi connectivity index (χ1) is 12.8. The predicted molar refractivity (Wildman–Crippen MR) is 100 cm³/mol. The number of hydrogen-bond donors (Lipinski definition) is 2. The summed E-state index contributed by atoms with van der Waals surface area (Å²) in [5.41, 5.74) is 3.49. The molecule has 2 N–H and O–H groups in total. The number of carbonyl (C=O) groups excluding carboxylic acids is 1. The molecule has 0 atom stereocenters. The molecule has 2 heterocycles. The number of amides is 1. The number of carbonyl (C=O) groups is 2. The van der Waals surface area contributed by atoms with Crippen LogP contribution < -0.4 is 5.32 Å². The summed E-state index contributed by atoms with van der Waals surface area (Å²) in [7, 11) is 0. The number of aromatic nitrogens is 2. The van der Waals surface area contributed by atoms with Crippen LogP contribution in [0.15, 0.2) is 24.4 Å². The molecular weight excluding hydrogens is 346 g/mol. The number of carboxylic acids is 1. The number of aliphatic carboxylic acids is 1. The zero-order chi connectivity index (χ0) is 19.6. The van der Waals surface area contributed by atoms with Crippen molar-refractivity contribution < 1.29 is 19.4 Å². The van der Waals surface area contributed by atoms with Crippen molar-refractivity contribution in [2.75, 3.05) is 13.2 Å². The highest BCUT2D eigenvalue weighted by atomic mass is 16.5. The van der Waals surface area contributed by atoms with E-state index < -0.39 is 11.5 Å². The van der Waals surface area contributed by atoms with Gasteiger partial charge in [0.25, 0.3) is 5.91 Å². The Labute approximate surface area is 158 Å². The SMILES string of the molecule is Cc1ccc(C)c(-n2ncc(C(=O)NC3(CC(=O)O)CCOCC3)c2C)c1. The fourth-order valence-corrected chi connectivity index (χ4v) is 3.53. The van der Waals surface area contributed by atoms with E-state index in [0.717, 1.165) is 22.5 Å². The highest BCUT2D eigenvalue weighted by Gasteiger charge is 2.37. The van der Waals surface area contributed by atoms with Gasteiger partial charge in [-0.2, -0.15) is 5.10 Å². The Morgan fingerprint density at radius 1 is 1.26 bits per heavy atom. The summed E-state index contributed by atoms with van der Waals surface area (Å²) in [4.78, 5) is 24.2. The molecule has 0 bridgehead atoms. The Morgan fingerprint density at radius 2 is 1.96 bits per heavy atom. The molecule has 0 radical (unpaired) electrons. The van der Waals surface area contributed by atoms with E-state index in [1.165, 1.54) is 0 Å². The van der Waals surface area contributed by atoms with Crippen LogP contribution in [0.2, 0.25) is 0 Å². The molecule has 1 aromatic carbocycles. The topological polar surface area (TPSA) is 93.5 Å². The molecule has 1 aliphatic rings. The summed E-state index contributed by atoms with van der Waals surface area (Å²) in [5, 5.41) is 16.6. The third-order valence-electron chi connectivity index (χ3n) is 5.17. The van der Waals surface area contributed by atoms with Crippen LogP contribution >= 0.6 is 0 Å². The second kappa shape index (κ2) is 7.52. The Morgan fingerprint density at radius 3 is 2.63 bits per heavy atom. The molecule has 0 unspecified atom stereocenters. The summed E-state index contributed by atoms with van der Waals surface area (Å²) in [6.45, 7) is 6.73. The number of ether oxygens (including phenoxy) is 1. The predicted octanol–water partition coefficient (Wildman–Crippen LogP) is 2.55. The average Bonchev–Trinajstić information content (AvgIpc) is 2.98. The Hall–Kier alpha value is -2.67. The van der Waals surface area contributed by atoms with Gasteiger partial charge in [-0.25, -0.2) is 4.68 Å². The van der Waals surface area contributed by atoms with Crippen LogP contribution in [0, 0.1) is 20.8 Å². The standard InChI is InChI=1S/C20H25N3O4/c1-13-4-5-14(2)17(10-13)23-15(3)16(12-21-23)19(26)22-20(11-18(24)25)6-8-27-9-7-20/h4-5,10,12H,6-9,11H2,1-3H3,(H,22,26)(H,24,25). The van der Waals surface area contributed by atoms with Crippen molar-refractivity contribution in [3.63, 3.8) is 0 Å². The van der Waals surface area contributed by atoms with Crippen LogP contribution in [-0.2, 0) is 9.53 Å². The van der Waals surface area contributed by atoms with Crippen molar-refractivity contribution in [1.29, 1.82) is 0 Å². The van der Waals surface area contributed by atoms with Gasteiger partial charge in [0, 0.05) is 13.2 Å². The van der Waals surface area contributed by atoms with Crippen molar-refractivity contribution in [1.82, 2.24) is 15.1 Å². The Bertz CT molecular complexity index is 866. The maximum Gasteiger partial charge on any atom is 0.305 e. The number of nitrogens with zero attached hydrogens (tertiary/aromatic N) is 2. The molecule has 7 nitrogen and oxygen atoms in total. The molecule has 144 valence electrons. The molecule has 1 aliphatic heterocycles. The normalized spacial score (nSPS) is 16.1. The molecule has 27 heavy (non-hydrogen) atoms. The number of hydrogen-bond acceptors (Lipinski definition) is 4. The molecule has 3 rings (SSSR count). The fourth-order valence-electron chi connectivity index (χ4n) is 3.53. The van der Waals surface area contributed by atoms with Gasteiger partial charge in [-0.1, -0.05) is 12.1 Å². The average molecular weight is 371 g/mol. The van der Waals surface area contributed by atoms with E-state index in [-0.39, 0.29) is 12.3 Å². The number of aryl methyl sites for hydroxylation is 2. The zero-order valence-electron chi connectivity index (χ0n) is 15.9. The maximum absolute atomic E-state index is 12.9. The van der Waals surface area contributed by atoms with Crippen molar-refractivity contribution >= 4 is 11.9 Å². The van der Waals surface area contributed by atoms with Crippen LogP contribution in [0.25, 0.3) is 5.69 Å². The summed E-state index contributed by atoms with van der Waals surface area (Å²) in [5.74, 6) is -1.23. The summed E-state index contributed by atoms with van der Waals surface area (Å²) in [6, 6.07) is 6.09. The minimum absolute atomic E-state index is 0.119. The molecule has 2 aromatic rings. The highest BCUT2D eigenvalue weighted by Crippen LogP contribution is 2.26. The van der Waals surface area contributed by atoms with E-state index in [4.69, 9.17) is 4.74 Å². The molecule has 0 saturated carbocycles. The van der Waals surface area contributed by atoms with Crippen LogP contribution in [0.4, 0.5) is 0 Å². The van der Waals surface area contributed by atoms with Crippen LogP contribution in [0.5, 0.6) is 0 Å². The quantitative estimate of drug-likeness (QED) is 0.842. The minimum atomic E-state index is -0.931. The van der Waals surface area contributed by atoms with Gasteiger partial charge in [-0.05, 0) is 50.8 Å². The van der Waals surface area contributed by atoms with Gasteiger partial charge < -0.3 is 15.2 Å². The number of carboxylic acid groups (broad SMARTS) is 1. The van der Waals surface area contributed by atoms with Gasteiger partial charge in [-0.3, -0.25) is 9.59 Å². The third-order valence-corrected chi connectivity index (χ3v) is 5.17. The van der Waals surface area contributed by atoms with Gasteiger partial charge in [0.15, 0.2) is 0 Å².